The van der Waals surface area contributed by atoms with Crippen molar-refractivity contribution in [3.63, 3.8) is 0 Å². The van der Waals surface area contributed by atoms with Gasteiger partial charge in [-0.15, -0.1) is 0 Å². The summed E-state index contributed by atoms with van der Waals surface area (Å²) in [6.45, 7) is 0.144. The van der Waals surface area contributed by atoms with Gasteiger partial charge in [-0.1, -0.05) is 25.0 Å². The van der Waals surface area contributed by atoms with E-state index in [4.69, 9.17) is 9.84 Å². The van der Waals surface area contributed by atoms with Crippen LogP contribution in [0, 0.1) is 0 Å². The zero-order valence-electron chi connectivity index (χ0n) is 17.0. The molecule has 0 aliphatic heterocycles. The van der Waals surface area contributed by atoms with Gasteiger partial charge in [-0.25, -0.2) is 0 Å². The predicted octanol–water partition coefficient (Wildman–Crippen LogP) is 6.44. The van der Waals surface area contributed by atoms with Gasteiger partial charge in [-0.05, 0) is 66.6 Å². The molecule has 1 aromatic heterocycles. The van der Waals surface area contributed by atoms with E-state index >= 15 is 0 Å². The maximum atomic E-state index is 13.6. The zero-order chi connectivity index (χ0) is 22.0. The van der Waals surface area contributed by atoms with Crippen LogP contribution in [0.1, 0.15) is 60.4 Å². The average molecular weight is 431 g/mol. The number of fused-ring (bicyclic) bond motifs is 1. The number of hydrogen-bond acceptors (Lipinski definition) is 2. The van der Waals surface area contributed by atoms with Gasteiger partial charge < -0.3 is 14.8 Å². The number of ether oxygens (including phenoxy) is 1. The van der Waals surface area contributed by atoms with Gasteiger partial charge in [0.25, 0.3) is 0 Å². The smallest absolute Gasteiger partial charge is 0.416 e. The Morgan fingerprint density at radius 3 is 2.58 bits per heavy atom. The Hall–Kier alpha value is -2.96. The normalized spacial score (nSPS) is 14.9. The van der Waals surface area contributed by atoms with Crippen LogP contribution in [0.2, 0.25) is 0 Å². The number of aromatic nitrogens is 1. The number of alkyl halides is 3. The largest absolute Gasteiger partial charge is 0.489 e. The Bertz CT molecular complexity index is 1080. The van der Waals surface area contributed by atoms with Crippen LogP contribution >= 0.6 is 0 Å². The molecule has 4 rings (SSSR count). The summed E-state index contributed by atoms with van der Waals surface area (Å²) in [4.78, 5) is 13.9. The van der Waals surface area contributed by atoms with Crippen LogP contribution in [0.25, 0.3) is 10.9 Å². The van der Waals surface area contributed by atoms with E-state index in [1.54, 1.807) is 12.1 Å². The fourth-order valence-electron chi connectivity index (χ4n) is 4.34. The Kier molecular flexibility index (Phi) is 5.94. The molecule has 1 saturated carbocycles. The van der Waals surface area contributed by atoms with Crippen LogP contribution < -0.4 is 4.74 Å². The minimum atomic E-state index is -4.41. The van der Waals surface area contributed by atoms with Gasteiger partial charge >= 0.3 is 12.1 Å². The number of aryl methyl sites for hydroxylation is 1. The van der Waals surface area contributed by atoms with E-state index in [1.807, 2.05) is 24.3 Å². The van der Waals surface area contributed by atoms with Gasteiger partial charge in [0.2, 0.25) is 0 Å². The van der Waals surface area contributed by atoms with Gasteiger partial charge in [-0.3, -0.25) is 4.79 Å². The first-order valence-corrected chi connectivity index (χ1v) is 10.5. The minimum absolute atomic E-state index is 0.0306. The topological polar surface area (TPSA) is 62.3 Å². The summed E-state index contributed by atoms with van der Waals surface area (Å²) < 4.78 is 46.6. The molecule has 3 aromatic rings. The van der Waals surface area contributed by atoms with E-state index in [9.17, 15) is 18.0 Å². The molecule has 1 fully saturated rings. The number of hydrogen-bond donors (Lipinski definition) is 2. The van der Waals surface area contributed by atoms with E-state index in [0.717, 1.165) is 53.9 Å². The number of rotatable bonds is 7. The number of benzene rings is 2. The molecule has 2 N–H and O–H groups in total. The second-order valence-electron chi connectivity index (χ2n) is 8.13. The standard InChI is InChI=1S/C24H24F3NO3/c25-24(26,27)21-13-19(7-8-20(21)16-3-1-2-4-16)31-14-15-5-9-22-17(11-15)12-18(28-22)6-10-23(29)30/h5,7-9,11-13,16,28H,1-4,6,10,14H2,(H,29,30). The average Bonchev–Trinajstić information content (AvgIpc) is 3.39. The third-order valence-corrected chi connectivity index (χ3v) is 5.88. The molecule has 0 saturated heterocycles. The van der Waals surface area contributed by atoms with Crippen molar-refractivity contribution in [1.82, 2.24) is 4.98 Å². The Morgan fingerprint density at radius 1 is 1.10 bits per heavy atom. The lowest BCUT2D eigenvalue weighted by molar-refractivity contribution is -0.138. The van der Waals surface area contributed by atoms with Crippen molar-refractivity contribution in [3.05, 3.63) is 64.8 Å². The van der Waals surface area contributed by atoms with Gasteiger partial charge in [0.05, 0.1) is 12.0 Å². The summed E-state index contributed by atoms with van der Waals surface area (Å²) in [6, 6.07) is 11.8. The molecule has 1 aliphatic carbocycles. The summed E-state index contributed by atoms with van der Waals surface area (Å²) in [7, 11) is 0. The minimum Gasteiger partial charge on any atom is -0.489 e. The highest BCUT2D eigenvalue weighted by molar-refractivity contribution is 5.81. The van der Waals surface area contributed by atoms with Crippen LogP contribution in [-0.4, -0.2) is 16.1 Å². The number of nitrogens with one attached hydrogen (secondary N) is 1. The molecule has 164 valence electrons. The Balaban J connectivity index is 1.49. The van der Waals surface area contributed by atoms with Gasteiger partial charge in [0.15, 0.2) is 0 Å². The number of carbonyl (C=O) groups is 1. The van der Waals surface area contributed by atoms with Crippen molar-refractivity contribution >= 4 is 16.9 Å². The molecule has 31 heavy (non-hydrogen) atoms. The second-order valence-corrected chi connectivity index (χ2v) is 8.13. The molecule has 0 amide bonds. The first-order valence-electron chi connectivity index (χ1n) is 10.5. The van der Waals surface area contributed by atoms with Crippen molar-refractivity contribution in [2.24, 2.45) is 0 Å². The van der Waals surface area contributed by atoms with Crippen LogP contribution in [0.4, 0.5) is 13.2 Å². The van der Waals surface area contributed by atoms with E-state index in [-0.39, 0.29) is 24.7 Å². The van der Waals surface area contributed by atoms with Crippen LogP contribution in [0.5, 0.6) is 5.75 Å². The third kappa shape index (κ3) is 5.03. The van der Waals surface area contributed by atoms with Gasteiger partial charge in [0.1, 0.15) is 12.4 Å². The molecule has 0 bridgehead atoms. The fourth-order valence-corrected chi connectivity index (χ4v) is 4.34. The molecule has 1 aliphatic rings. The van der Waals surface area contributed by atoms with Crippen molar-refractivity contribution in [2.75, 3.05) is 0 Å². The van der Waals surface area contributed by atoms with E-state index in [0.29, 0.717) is 12.0 Å². The van der Waals surface area contributed by atoms with E-state index in [1.165, 1.54) is 0 Å². The first kappa shape index (κ1) is 21.3. The quantitative estimate of drug-likeness (QED) is 0.452. The lowest BCUT2D eigenvalue weighted by Crippen LogP contribution is -2.11. The van der Waals surface area contributed by atoms with Crippen molar-refractivity contribution in [2.45, 2.75) is 57.2 Å². The van der Waals surface area contributed by atoms with Crippen molar-refractivity contribution in [1.29, 1.82) is 0 Å². The number of aromatic amines is 1. The van der Waals surface area contributed by atoms with E-state index < -0.39 is 17.7 Å². The monoisotopic (exact) mass is 431 g/mol. The molecule has 7 heteroatoms. The summed E-state index contributed by atoms with van der Waals surface area (Å²) in [5.41, 5.74) is 2.31. The van der Waals surface area contributed by atoms with Gasteiger partial charge in [-0.2, -0.15) is 13.2 Å². The Morgan fingerprint density at radius 2 is 1.87 bits per heavy atom. The first-order chi connectivity index (χ1) is 14.8. The lowest BCUT2D eigenvalue weighted by atomic mass is 9.92. The van der Waals surface area contributed by atoms with Crippen LogP contribution in [-0.2, 0) is 24.0 Å². The van der Waals surface area contributed by atoms with Crippen LogP contribution in [0.3, 0.4) is 0 Å². The number of aliphatic carboxylic acids is 1. The highest BCUT2D eigenvalue weighted by Gasteiger charge is 2.36. The van der Waals surface area contributed by atoms with Crippen LogP contribution in [0.15, 0.2) is 42.5 Å². The highest BCUT2D eigenvalue weighted by Crippen LogP contribution is 2.42. The molecular formula is C24H24F3NO3. The molecule has 0 atom stereocenters. The summed E-state index contributed by atoms with van der Waals surface area (Å²) >= 11 is 0. The van der Waals surface area contributed by atoms with Crippen molar-refractivity contribution < 1.29 is 27.8 Å². The molecule has 0 spiro atoms. The summed E-state index contributed by atoms with van der Waals surface area (Å²) in [6.07, 6.45) is -0.416. The maximum Gasteiger partial charge on any atom is 0.416 e. The lowest BCUT2D eigenvalue weighted by Gasteiger charge is -2.19. The number of carboxylic acid groups (broad SMARTS) is 1. The molecule has 0 unspecified atom stereocenters. The summed E-state index contributed by atoms with van der Waals surface area (Å²) in [5.74, 6) is -0.688. The predicted molar refractivity (Wildman–Crippen MR) is 111 cm³/mol. The van der Waals surface area contributed by atoms with E-state index in [2.05, 4.69) is 4.98 Å². The SMILES string of the molecule is O=C(O)CCc1cc2cc(COc3ccc(C4CCCC4)c(C(F)(F)F)c3)ccc2[nH]1. The molecule has 0 radical (unpaired) electrons. The third-order valence-electron chi connectivity index (χ3n) is 5.88. The highest BCUT2D eigenvalue weighted by atomic mass is 19.4. The number of H-pyrrole nitrogens is 1. The van der Waals surface area contributed by atoms with Gasteiger partial charge in [0, 0.05) is 16.6 Å². The molecule has 4 nitrogen and oxygen atoms in total. The number of halogens is 3. The molecule has 1 heterocycles. The van der Waals surface area contributed by atoms with Crippen molar-refractivity contribution in [3.8, 4) is 5.75 Å². The maximum absolute atomic E-state index is 13.6. The second kappa shape index (κ2) is 8.65. The Labute approximate surface area is 178 Å². The fraction of sp³-hybridized carbons (Fsp3) is 0.375. The molecular weight excluding hydrogens is 407 g/mol. The summed E-state index contributed by atoms with van der Waals surface area (Å²) in [5, 5.41) is 9.73. The number of carboxylic acids is 1. The molecule has 2 aromatic carbocycles. The zero-order valence-corrected chi connectivity index (χ0v) is 17.0.